The quantitative estimate of drug-likeness (QED) is 0.589. The minimum absolute atomic E-state index is 0.194. The predicted molar refractivity (Wildman–Crippen MR) is 11.2 cm³/mol. The molecule has 0 aliphatic carbocycles. The summed E-state index contributed by atoms with van der Waals surface area (Å²) in [6.07, 6.45) is -0.909. The summed E-state index contributed by atoms with van der Waals surface area (Å²) in [4.78, 5) is 9.31. The second-order valence-electron chi connectivity index (χ2n) is 0.482. The maximum atomic E-state index is 9.31. The van der Waals surface area contributed by atoms with Gasteiger partial charge < -0.3 is 0 Å². The molecule has 2 N–H and O–H groups in total. The van der Waals surface area contributed by atoms with Gasteiger partial charge in [-0.1, -0.05) is 0 Å². The van der Waals surface area contributed by atoms with Gasteiger partial charge in [0, 0.05) is 0 Å². The van der Waals surface area contributed by atoms with Crippen LogP contribution in [0.5, 0.6) is 0 Å². The van der Waals surface area contributed by atoms with Crippen LogP contribution in [0.4, 0.5) is 4.79 Å². The second-order valence-corrected chi connectivity index (χ2v) is 1.86. The first-order valence-corrected chi connectivity index (χ1v) is 3.78. The van der Waals surface area contributed by atoms with Crippen LogP contribution in [0.1, 0.15) is 0 Å². The third kappa shape index (κ3) is 4.21. The van der Waals surface area contributed by atoms with E-state index in [9.17, 15) is 4.79 Å². The summed E-state index contributed by atoms with van der Waals surface area (Å²) in [6.45, 7) is 0. The Kier molecular flexibility index (Phi) is 2.54. The van der Waals surface area contributed by atoms with E-state index in [1.165, 1.54) is 0 Å². The summed E-state index contributed by atoms with van der Waals surface area (Å²) >= 11 is 0.194. The standard InChI is InChI=1S/CH2NO2.Hg/c2-1(3)4;/h2H,(H,3,4);/q-1;+1. The zero-order chi connectivity index (χ0) is 4.28. The first-order valence-electron chi connectivity index (χ1n) is 1.03. The first-order chi connectivity index (χ1) is 2.27. The number of nitrogens with one attached hydrogen (secondary N) is 1. The van der Waals surface area contributed by atoms with Crippen molar-refractivity contribution < 1.29 is 36.3 Å². The number of carbonyl (C=O) groups is 1. The SMILES string of the molecule is O=C(O)[NH][Hg]. The molecule has 0 saturated carbocycles. The molecule has 25 valence electrons. The summed E-state index contributed by atoms with van der Waals surface area (Å²) in [5.41, 5.74) is 0. The van der Waals surface area contributed by atoms with Crippen LogP contribution < -0.4 is 3.08 Å². The summed E-state index contributed by atoms with van der Waals surface area (Å²) in [5, 5.41) is 7.66. The molecular weight excluding hydrogens is 259 g/mol. The van der Waals surface area contributed by atoms with Crippen molar-refractivity contribution in [2.75, 3.05) is 0 Å². The van der Waals surface area contributed by atoms with Gasteiger partial charge in [-0.25, -0.2) is 0 Å². The molecule has 0 aromatic carbocycles. The Morgan fingerprint density at radius 2 is 2.20 bits per heavy atom. The zero-order valence-electron chi connectivity index (χ0n) is 2.56. The predicted octanol–water partition coefficient (Wildman–Crippen LogP) is -0.284. The molecule has 0 spiro atoms. The van der Waals surface area contributed by atoms with Crippen LogP contribution in [0.2, 0.25) is 0 Å². The maximum absolute atomic E-state index is 9.31. The van der Waals surface area contributed by atoms with E-state index in [0.717, 1.165) is 0 Å². The van der Waals surface area contributed by atoms with Crippen LogP contribution in [0, 0.1) is 0 Å². The summed E-state index contributed by atoms with van der Waals surface area (Å²) in [7, 11) is 0. The number of carboxylic acid groups (broad SMARTS) is 1. The number of amides is 1. The van der Waals surface area contributed by atoms with Gasteiger partial charge in [-0.3, -0.25) is 0 Å². The van der Waals surface area contributed by atoms with Crippen LogP contribution in [0.25, 0.3) is 0 Å². The van der Waals surface area contributed by atoms with E-state index >= 15 is 0 Å². The van der Waals surface area contributed by atoms with Crippen molar-refractivity contribution in [3.63, 3.8) is 0 Å². The Bertz CT molecular complexity index is 44.9. The molecule has 0 saturated heterocycles. The molecule has 0 bridgehead atoms. The molecular formula is CH2HgNO2. The van der Waals surface area contributed by atoms with Gasteiger partial charge in [-0.2, -0.15) is 0 Å². The fraction of sp³-hybridized carbons (Fsp3) is 0. The number of hydrogen-bond donors (Lipinski definition) is 2. The Morgan fingerprint density at radius 1 is 2.00 bits per heavy atom. The fourth-order valence-electron chi connectivity index (χ4n) is 0. The molecule has 0 aromatic rings. The van der Waals surface area contributed by atoms with Gasteiger partial charge in [0.2, 0.25) is 0 Å². The second kappa shape index (κ2) is 2.44. The van der Waals surface area contributed by atoms with Gasteiger partial charge in [-0.05, 0) is 0 Å². The molecule has 0 atom stereocenters. The third-order valence-electron chi connectivity index (χ3n) is 0.151. The molecule has 0 heterocycles. The van der Waals surface area contributed by atoms with Gasteiger partial charge in [0.1, 0.15) is 0 Å². The van der Waals surface area contributed by atoms with Crippen molar-refractivity contribution in [1.82, 2.24) is 3.08 Å². The van der Waals surface area contributed by atoms with Crippen LogP contribution in [-0.4, -0.2) is 11.2 Å². The van der Waals surface area contributed by atoms with Gasteiger partial charge in [-0.15, -0.1) is 0 Å². The van der Waals surface area contributed by atoms with Crippen molar-refractivity contribution in [2.24, 2.45) is 0 Å². The molecule has 4 heteroatoms. The van der Waals surface area contributed by atoms with Crippen molar-refractivity contribution >= 4 is 6.09 Å². The van der Waals surface area contributed by atoms with E-state index in [4.69, 9.17) is 5.11 Å². The molecule has 3 nitrogen and oxygen atoms in total. The van der Waals surface area contributed by atoms with Gasteiger partial charge >= 0.3 is 45.5 Å². The van der Waals surface area contributed by atoms with E-state index in [0.29, 0.717) is 0 Å². The van der Waals surface area contributed by atoms with E-state index in [1.54, 1.807) is 0 Å². The number of rotatable bonds is 0. The fourth-order valence-corrected chi connectivity index (χ4v) is 0. The average molecular weight is 261 g/mol. The van der Waals surface area contributed by atoms with E-state index in [1.807, 2.05) is 0 Å². The topological polar surface area (TPSA) is 49.3 Å². The normalized spacial score (nSPS) is 6.80. The molecule has 5 heavy (non-hydrogen) atoms. The van der Waals surface area contributed by atoms with Crippen LogP contribution >= 0.6 is 0 Å². The van der Waals surface area contributed by atoms with E-state index < -0.39 is 6.09 Å². The molecule has 0 rings (SSSR count). The Labute approximate surface area is 45.8 Å². The summed E-state index contributed by atoms with van der Waals surface area (Å²) in [5.74, 6) is 0. The van der Waals surface area contributed by atoms with E-state index in [-0.39, 0.29) is 26.4 Å². The molecule has 0 aliphatic rings. The molecule has 0 aromatic heterocycles. The van der Waals surface area contributed by atoms with Gasteiger partial charge in [0.25, 0.3) is 0 Å². The average Bonchev–Trinajstić information content (AvgIpc) is 1.38. The minimum atomic E-state index is -0.909. The molecule has 0 aliphatic heterocycles. The van der Waals surface area contributed by atoms with E-state index in [2.05, 4.69) is 3.08 Å². The van der Waals surface area contributed by atoms with Crippen molar-refractivity contribution in [3.05, 3.63) is 0 Å². The molecule has 0 fully saturated rings. The van der Waals surface area contributed by atoms with Crippen molar-refractivity contribution in [1.29, 1.82) is 0 Å². The zero-order valence-corrected chi connectivity index (χ0v) is 8.06. The van der Waals surface area contributed by atoms with Crippen molar-refractivity contribution in [2.45, 2.75) is 0 Å². The molecule has 0 unspecified atom stereocenters. The Hall–Kier alpha value is 0.205. The summed E-state index contributed by atoms with van der Waals surface area (Å²) < 4.78 is 2.14. The van der Waals surface area contributed by atoms with Crippen LogP contribution in [0.15, 0.2) is 0 Å². The van der Waals surface area contributed by atoms with Gasteiger partial charge in [0.15, 0.2) is 0 Å². The first kappa shape index (κ1) is 5.21. The Balaban J connectivity index is 2.85. The number of hydrogen-bond acceptors (Lipinski definition) is 1. The van der Waals surface area contributed by atoms with Crippen LogP contribution in [-0.2, 0) is 26.4 Å². The van der Waals surface area contributed by atoms with Gasteiger partial charge in [0.05, 0.1) is 0 Å². The summed E-state index contributed by atoms with van der Waals surface area (Å²) in [6, 6.07) is 0. The van der Waals surface area contributed by atoms with Crippen LogP contribution in [0.3, 0.4) is 0 Å². The molecule has 1 amide bonds. The Morgan fingerprint density at radius 3 is 2.20 bits per heavy atom. The monoisotopic (exact) mass is 262 g/mol. The van der Waals surface area contributed by atoms with Crippen molar-refractivity contribution in [3.8, 4) is 0 Å². The third-order valence-corrected chi connectivity index (χ3v) is 1.33. The molecule has 0 radical (unpaired) electrons.